The van der Waals surface area contributed by atoms with E-state index < -0.39 is 11.6 Å². The fraction of sp³-hybridized carbons (Fsp3) is 0.250. The van der Waals surface area contributed by atoms with Crippen molar-refractivity contribution in [2.45, 2.75) is 13.3 Å². The number of halogens is 4. The normalized spacial score (nSPS) is 10.5. The van der Waals surface area contributed by atoms with Crippen LogP contribution >= 0.6 is 27.5 Å². The number of nitrogens with zero attached hydrogens (tertiary/aromatic N) is 3. The molecule has 0 saturated heterocycles. The topological polar surface area (TPSA) is 62.7 Å². The second-order valence-corrected chi connectivity index (χ2v) is 5.30. The quantitative estimate of drug-likeness (QED) is 0.819. The standard InChI is InChI=1S/C12H11BrClF2N5/c1-2-3-17-11-19-10(14)20-12(21-11)18-9-7(15)4-6(13)5-8(9)16/h4-5H,2-3H2,1H3,(H2,17,18,19,20,21). The van der Waals surface area contributed by atoms with E-state index in [-0.39, 0.29) is 22.9 Å². The van der Waals surface area contributed by atoms with E-state index >= 15 is 0 Å². The van der Waals surface area contributed by atoms with Gasteiger partial charge in [0.05, 0.1) is 0 Å². The molecule has 0 amide bonds. The van der Waals surface area contributed by atoms with Crippen molar-refractivity contribution < 1.29 is 8.78 Å². The molecule has 2 N–H and O–H groups in total. The summed E-state index contributed by atoms with van der Waals surface area (Å²) >= 11 is 8.77. The first-order valence-corrected chi connectivity index (χ1v) is 7.23. The number of hydrogen-bond donors (Lipinski definition) is 2. The SMILES string of the molecule is CCCNc1nc(Cl)nc(Nc2c(F)cc(Br)cc2F)n1. The van der Waals surface area contributed by atoms with Crippen LogP contribution < -0.4 is 10.6 Å². The van der Waals surface area contributed by atoms with Crippen LogP contribution in [0.3, 0.4) is 0 Å². The van der Waals surface area contributed by atoms with Crippen molar-refractivity contribution >= 4 is 45.1 Å². The third-order valence-electron chi connectivity index (χ3n) is 2.38. The Morgan fingerprint density at radius 2 is 1.76 bits per heavy atom. The van der Waals surface area contributed by atoms with E-state index in [0.717, 1.165) is 18.6 Å². The minimum atomic E-state index is -0.776. The molecule has 0 atom stereocenters. The van der Waals surface area contributed by atoms with Crippen molar-refractivity contribution in [3.63, 3.8) is 0 Å². The van der Waals surface area contributed by atoms with Crippen LogP contribution in [-0.2, 0) is 0 Å². The molecule has 0 spiro atoms. The highest BCUT2D eigenvalue weighted by Gasteiger charge is 2.13. The molecule has 1 aromatic heterocycles. The molecule has 0 radical (unpaired) electrons. The van der Waals surface area contributed by atoms with Gasteiger partial charge in [-0.3, -0.25) is 0 Å². The summed E-state index contributed by atoms with van der Waals surface area (Å²) < 4.78 is 27.8. The van der Waals surface area contributed by atoms with Crippen molar-refractivity contribution in [2.24, 2.45) is 0 Å². The average Bonchev–Trinajstić information content (AvgIpc) is 2.40. The molecule has 0 aliphatic rings. The third kappa shape index (κ3) is 4.21. The highest BCUT2D eigenvalue weighted by Crippen LogP contribution is 2.26. The van der Waals surface area contributed by atoms with E-state index in [1.807, 2.05) is 6.92 Å². The molecule has 1 aromatic carbocycles. The number of rotatable bonds is 5. The Morgan fingerprint density at radius 3 is 2.38 bits per heavy atom. The Hall–Kier alpha value is -1.54. The molecule has 2 aromatic rings. The van der Waals surface area contributed by atoms with Gasteiger partial charge in [0.2, 0.25) is 17.2 Å². The smallest absolute Gasteiger partial charge is 0.233 e. The summed E-state index contributed by atoms with van der Waals surface area (Å²) in [5.74, 6) is -1.37. The van der Waals surface area contributed by atoms with E-state index in [4.69, 9.17) is 11.6 Å². The Labute approximate surface area is 133 Å². The first kappa shape index (κ1) is 15.8. The first-order valence-electron chi connectivity index (χ1n) is 6.06. The zero-order chi connectivity index (χ0) is 15.4. The Morgan fingerprint density at radius 1 is 1.14 bits per heavy atom. The average molecular weight is 379 g/mol. The molecule has 1 heterocycles. The molecular weight excluding hydrogens is 368 g/mol. The van der Waals surface area contributed by atoms with E-state index in [0.29, 0.717) is 11.0 Å². The van der Waals surface area contributed by atoms with Crippen LogP contribution in [0.15, 0.2) is 16.6 Å². The minimum Gasteiger partial charge on any atom is -0.354 e. The van der Waals surface area contributed by atoms with Crippen LogP contribution in [0.5, 0.6) is 0 Å². The lowest BCUT2D eigenvalue weighted by Crippen LogP contribution is -2.09. The van der Waals surface area contributed by atoms with Gasteiger partial charge < -0.3 is 10.6 Å². The van der Waals surface area contributed by atoms with Crippen molar-refractivity contribution in [3.8, 4) is 0 Å². The van der Waals surface area contributed by atoms with Gasteiger partial charge in [-0.2, -0.15) is 15.0 Å². The van der Waals surface area contributed by atoms with Gasteiger partial charge in [-0.25, -0.2) is 8.78 Å². The maximum absolute atomic E-state index is 13.7. The lowest BCUT2D eigenvalue weighted by Gasteiger charge is -2.09. The van der Waals surface area contributed by atoms with Crippen LogP contribution in [0, 0.1) is 11.6 Å². The van der Waals surface area contributed by atoms with Crippen molar-refractivity contribution in [1.82, 2.24) is 15.0 Å². The number of nitrogens with one attached hydrogen (secondary N) is 2. The molecule has 2 rings (SSSR count). The predicted octanol–water partition coefficient (Wildman–Crippen LogP) is 4.13. The van der Waals surface area contributed by atoms with E-state index in [1.165, 1.54) is 0 Å². The minimum absolute atomic E-state index is 0.0475. The Balaban J connectivity index is 2.29. The third-order valence-corrected chi connectivity index (χ3v) is 3.01. The number of benzene rings is 1. The maximum Gasteiger partial charge on any atom is 0.233 e. The van der Waals surface area contributed by atoms with Crippen LogP contribution in [0.25, 0.3) is 0 Å². The van der Waals surface area contributed by atoms with Gasteiger partial charge in [-0.15, -0.1) is 0 Å². The molecule has 0 saturated carbocycles. The molecule has 112 valence electrons. The summed E-state index contributed by atoms with van der Waals surface area (Å²) in [7, 11) is 0. The highest BCUT2D eigenvalue weighted by molar-refractivity contribution is 9.10. The second kappa shape index (κ2) is 6.95. The largest absolute Gasteiger partial charge is 0.354 e. The van der Waals surface area contributed by atoms with Gasteiger partial charge in [-0.1, -0.05) is 22.9 Å². The van der Waals surface area contributed by atoms with Crippen LogP contribution in [0.4, 0.5) is 26.4 Å². The van der Waals surface area contributed by atoms with Crippen molar-refractivity contribution in [2.75, 3.05) is 17.2 Å². The maximum atomic E-state index is 13.7. The highest BCUT2D eigenvalue weighted by atomic mass is 79.9. The molecule has 9 heteroatoms. The van der Waals surface area contributed by atoms with Crippen molar-refractivity contribution in [3.05, 3.63) is 33.5 Å². The fourth-order valence-electron chi connectivity index (χ4n) is 1.50. The number of hydrogen-bond acceptors (Lipinski definition) is 5. The fourth-order valence-corrected chi connectivity index (χ4v) is 2.06. The summed E-state index contributed by atoms with van der Waals surface area (Å²) in [4.78, 5) is 11.7. The molecule has 21 heavy (non-hydrogen) atoms. The van der Waals surface area contributed by atoms with Crippen LogP contribution in [0.1, 0.15) is 13.3 Å². The van der Waals surface area contributed by atoms with Gasteiger partial charge in [-0.05, 0) is 30.2 Å². The van der Waals surface area contributed by atoms with E-state index in [2.05, 4.69) is 41.5 Å². The van der Waals surface area contributed by atoms with Crippen LogP contribution in [0.2, 0.25) is 5.28 Å². The summed E-state index contributed by atoms with van der Waals surface area (Å²) in [5.41, 5.74) is -0.359. The molecule has 5 nitrogen and oxygen atoms in total. The lowest BCUT2D eigenvalue weighted by atomic mass is 10.3. The first-order chi connectivity index (χ1) is 9.99. The van der Waals surface area contributed by atoms with E-state index in [1.54, 1.807) is 0 Å². The lowest BCUT2D eigenvalue weighted by molar-refractivity contribution is 0.589. The number of anilines is 3. The van der Waals surface area contributed by atoms with E-state index in [9.17, 15) is 8.78 Å². The molecule has 0 aliphatic carbocycles. The molecule has 0 fully saturated rings. The van der Waals surface area contributed by atoms with Crippen molar-refractivity contribution in [1.29, 1.82) is 0 Å². The van der Waals surface area contributed by atoms with Gasteiger partial charge in [0.1, 0.15) is 5.69 Å². The van der Waals surface area contributed by atoms with Gasteiger partial charge in [0, 0.05) is 11.0 Å². The second-order valence-electron chi connectivity index (χ2n) is 4.05. The number of aromatic nitrogens is 3. The Kier molecular flexibility index (Phi) is 5.24. The summed E-state index contributed by atoms with van der Waals surface area (Å²) in [5, 5.41) is 5.31. The van der Waals surface area contributed by atoms with Gasteiger partial charge in [0.15, 0.2) is 11.6 Å². The van der Waals surface area contributed by atoms with Gasteiger partial charge in [0.25, 0.3) is 0 Å². The monoisotopic (exact) mass is 377 g/mol. The summed E-state index contributed by atoms with van der Waals surface area (Å²) in [6.45, 7) is 2.61. The molecule has 0 aliphatic heterocycles. The summed E-state index contributed by atoms with van der Waals surface area (Å²) in [6, 6.07) is 2.26. The van der Waals surface area contributed by atoms with Crippen LogP contribution in [-0.4, -0.2) is 21.5 Å². The zero-order valence-electron chi connectivity index (χ0n) is 10.9. The molecular formula is C12H11BrClF2N5. The summed E-state index contributed by atoms with van der Waals surface area (Å²) in [6.07, 6.45) is 0.863. The predicted molar refractivity (Wildman–Crippen MR) is 81.0 cm³/mol. The molecule has 0 bridgehead atoms. The Bertz CT molecular complexity index is 633. The van der Waals surface area contributed by atoms with Gasteiger partial charge >= 0.3 is 0 Å². The zero-order valence-corrected chi connectivity index (χ0v) is 13.3. The molecule has 0 unspecified atom stereocenters.